The third-order valence-electron chi connectivity index (χ3n) is 0. The molecule has 0 saturated heterocycles. The zero-order valence-corrected chi connectivity index (χ0v) is 9.90. The van der Waals surface area contributed by atoms with Crippen LogP contribution in [0.3, 0.4) is 0 Å². The van der Waals surface area contributed by atoms with Gasteiger partial charge in [-0.25, -0.2) is 0 Å². The van der Waals surface area contributed by atoms with Gasteiger partial charge in [0.15, 0.2) is 0 Å². The minimum Gasteiger partial charge on any atom is -2.00 e. The molecule has 16 valence electrons. The summed E-state index contributed by atoms with van der Waals surface area (Å²) >= 11 is 0. The monoisotopic (exact) mass is 187 g/mol. The molecule has 0 radical (unpaired) electrons. The summed E-state index contributed by atoms with van der Waals surface area (Å²) in [6, 6.07) is 0. The molecule has 0 bridgehead atoms. The fourth-order valence-electron chi connectivity index (χ4n) is 0. The van der Waals surface area contributed by atoms with E-state index in [1.54, 1.807) is 0 Å². The molecule has 0 aliphatic carbocycles. The van der Waals surface area contributed by atoms with Crippen LogP contribution in [0.5, 0.6) is 0 Å². The van der Waals surface area contributed by atoms with E-state index in [0.717, 1.165) is 0 Å². The molecule has 0 fully saturated rings. The van der Waals surface area contributed by atoms with Gasteiger partial charge in [-0.2, -0.15) is 0 Å². The maximum Gasteiger partial charge on any atom is 3.00 e. The average molecular weight is 190 g/mol. The fourth-order valence-corrected chi connectivity index (χ4v) is 0. The quantitative estimate of drug-likeness (QED) is 0.456. The van der Waals surface area contributed by atoms with Gasteiger partial charge >= 0.3 is 56.3 Å². The second kappa shape index (κ2) is 43.6. The first kappa shape index (κ1) is 75.4. The van der Waals surface area contributed by atoms with E-state index in [9.17, 15) is 0 Å². The van der Waals surface area contributed by atoms with Crippen molar-refractivity contribution < 1.29 is 49.9 Å². The Balaban J connectivity index is 0. The van der Waals surface area contributed by atoms with Crippen molar-refractivity contribution in [1.29, 1.82) is 0 Å². The van der Waals surface area contributed by atoms with E-state index in [1.165, 1.54) is 0 Å². The summed E-state index contributed by atoms with van der Waals surface area (Å²) in [5.41, 5.74) is 0. The van der Waals surface area contributed by atoms with Crippen LogP contribution < -0.4 is 0 Å². The van der Waals surface area contributed by atoms with Gasteiger partial charge in [0.25, 0.3) is 0 Å². The third kappa shape index (κ3) is 27.0. The summed E-state index contributed by atoms with van der Waals surface area (Å²) < 4.78 is 0. The predicted octanol–water partition coefficient (Wildman–Crippen LogP) is -0.623. The van der Waals surface area contributed by atoms with Crippen LogP contribution in [0.4, 0.5) is 0 Å². The van der Waals surface area contributed by atoms with Gasteiger partial charge in [-0.3, -0.25) is 0 Å². The van der Waals surface area contributed by atoms with Gasteiger partial charge in [0.1, 0.15) is 0 Å². The first-order chi connectivity index (χ1) is 0. The zero-order chi connectivity index (χ0) is 0. The first-order valence-electron chi connectivity index (χ1n) is 0. The van der Waals surface area contributed by atoms with Gasteiger partial charge in [0.2, 0.25) is 0 Å². The molecule has 0 aromatic rings. The van der Waals surface area contributed by atoms with Gasteiger partial charge in [0, 0.05) is 0 Å². The molecule has 0 atom stereocenters. The normalized spacial score (nSPS) is 0. The minimum absolute atomic E-state index is 0. The van der Waals surface area contributed by atoms with Crippen molar-refractivity contribution >= 4 is 17.4 Å². The van der Waals surface area contributed by atoms with E-state index < -0.39 is 0 Å². The molecule has 5 heavy (non-hydrogen) atoms. The molecule has 0 aromatic carbocycles. The number of hydrogen-bond donors (Lipinski definition) is 0. The Morgan fingerprint density at radius 3 is 0.600 bits per heavy atom. The molecule has 0 amide bonds. The Morgan fingerprint density at radius 2 is 0.600 bits per heavy atom. The van der Waals surface area contributed by atoms with Gasteiger partial charge in [-0.05, 0) is 0 Å². The third-order valence-corrected chi connectivity index (χ3v) is 0. The van der Waals surface area contributed by atoms with E-state index in [1.807, 2.05) is 0 Å². The summed E-state index contributed by atoms with van der Waals surface area (Å²) in [6.45, 7) is 0. The summed E-state index contributed by atoms with van der Waals surface area (Å²) in [5.74, 6) is 0. The predicted molar refractivity (Wildman–Crippen MR) is 7.13 cm³/mol. The molecular formula is AlO2Zn2+3. The Hall–Kier alpha value is 1.70. The van der Waals surface area contributed by atoms with Gasteiger partial charge in [-0.1, -0.05) is 0 Å². The van der Waals surface area contributed by atoms with E-state index >= 15 is 0 Å². The van der Waals surface area contributed by atoms with Crippen molar-refractivity contribution in [3.8, 4) is 0 Å². The fraction of sp³-hybridized carbons (Fsp3) is 0. The average Bonchev–Trinajstić information content (AvgIpc) is 0. The summed E-state index contributed by atoms with van der Waals surface area (Å²) in [5, 5.41) is 0. The Bertz CT molecular complexity index is 7.61. The molecule has 0 aliphatic rings. The molecule has 0 aromatic heterocycles. The van der Waals surface area contributed by atoms with Crippen LogP contribution in [-0.4, -0.2) is 17.4 Å². The second-order valence-corrected chi connectivity index (χ2v) is 0. The van der Waals surface area contributed by atoms with Crippen LogP contribution in [-0.2, 0) is 49.9 Å². The molecule has 2 nitrogen and oxygen atoms in total. The van der Waals surface area contributed by atoms with E-state index in [0.29, 0.717) is 0 Å². The van der Waals surface area contributed by atoms with Crippen LogP contribution >= 0.6 is 0 Å². The Kier molecular flexibility index (Phi) is 657. The minimum atomic E-state index is 0. The van der Waals surface area contributed by atoms with Gasteiger partial charge in [0.05, 0.1) is 0 Å². The molecule has 0 N–H and O–H groups in total. The van der Waals surface area contributed by atoms with Crippen LogP contribution in [0.15, 0.2) is 0 Å². The maximum absolute atomic E-state index is 0. The maximum atomic E-state index is 0. The Morgan fingerprint density at radius 1 is 0.600 bits per heavy atom. The van der Waals surface area contributed by atoms with Gasteiger partial charge < -0.3 is 11.0 Å². The van der Waals surface area contributed by atoms with Gasteiger partial charge in [-0.15, -0.1) is 0 Å². The molecule has 0 heterocycles. The van der Waals surface area contributed by atoms with E-state index in [4.69, 9.17) is 0 Å². The van der Waals surface area contributed by atoms with Crippen molar-refractivity contribution in [3.05, 3.63) is 0 Å². The van der Waals surface area contributed by atoms with Crippen molar-refractivity contribution in [1.82, 2.24) is 0 Å². The topological polar surface area (TPSA) is 57.0 Å². The molecule has 0 spiro atoms. The molecular weight excluding hydrogens is 190 g/mol. The van der Waals surface area contributed by atoms with Crippen molar-refractivity contribution in [3.63, 3.8) is 0 Å². The van der Waals surface area contributed by atoms with E-state index in [-0.39, 0.29) is 67.3 Å². The smallest absolute Gasteiger partial charge is 2.00 e. The van der Waals surface area contributed by atoms with Crippen molar-refractivity contribution in [2.45, 2.75) is 0 Å². The number of hydrogen-bond acceptors (Lipinski definition) is 0. The second-order valence-electron chi connectivity index (χ2n) is 0. The molecule has 5 heteroatoms. The summed E-state index contributed by atoms with van der Waals surface area (Å²) in [7, 11) is 0. The van der Waals surface area contributed by atoms with E-state index in [2.05, 4.69) is 0 Å². The largest absolute Gasteiger partial charge is 3.00 e. The van der Waals surface area contributed by atoms with Crippen LogP contribution in [0, 0.1) is 0 Å². The summed E-state index contributed by atoms with van der Waals surface area (Å²) in [6.07, 6.45) is 0. The molecule has 0 saturated carbocycles. The Labute approximate surface area is 67.0 Å². The van der Waals surface area contributed by atoms with Crippen LogP contribution in [0.25, 0.3) is 0 Å². The standard InChI is InChI=1S/Al.2O.2Zn/q+3;2*-2;2*+2. The molecule has 0 rings (SSSR count). The summed E-state index contributed by atoms with van der Waals surface area (Å²) in [4.78, 5) is 0. The number of rotatable bonds is 0. The zero-order valence-electron chi connectivity index (χ0n) is 2.81. The molecule has 0 unspecified atom stereocenters. The SMILES string of the molecule is [Al+3].[O-2].[O-2].[Zn+2].[Zn+2]. The van der Waals surface area contributed by atoms with Crippen molar-refractivity contribution in [2.24, 2.45) is 0 Å². The van der Waals surface area contributed by atoms with Crippen molar-refractivity contribution in [2.75, 3.05) is 0 Å². The molecule has 0 aliphatic heterocycles. The van der Waals surface area contributed by atoms with Crippen LogP contribution in [0.1, 0.15) is 0 Å². The first-order valence-corrected chi connectivity index (χ1v) is 0. The van der Waals surface area contributed by atoms with Crippen LogP contribution in [0.2, 0.25) is 0 Å².